The summed E-state index contributed by atoms with van der Waals surface area (Å²) >= 11 is 0. The van der Waals surface area contributed by atoms with Gasteiger partial charge in [-0.2, -0.15) is 0 Å². The minimum absolute atomic E-state index is 0.114. The molecule has 5 nitrogen and oxygen atoms in total. The number of rotatable bonds is 4. The molecule has 1 aliphatic rings. The van der Waals surface area contributed by atoms with Crippen LogP contribution in [0.25, 0.3) is 0 Å². The van der Waals surface area contributed by atoms with Gasteiger partial charge in [-0.05, 0) is 25.3 Å². The molecule has 102 valence electrons. The second-order valence-corrected chi connectivity index (χ2v) is 4.67. The highest BCUT2D eigenvalue weighted by atomic mass is 19.1. The number of amidine groups is 1. The first-order valence-electron chi connectivity index (χ1n) is 6.23. The van der Waals surface area contributed by atoms with E-state index in [9.17, 15) is 9.18 Å². The number of nitrogen functional groups attached to an aromatic ring is 1. The van der Waals surface area contributed by atoms with Crippen molar-refractivity contribution in [3.8, 4) is 0 Å². The van der Waals surface area contributed by atoms with Crippen molar-refractivity contribution >= 4 is 11.9 Å². The summed E-state index contributed by atoms with van der Waals surface area (Å²) in [7, 11) is 0. The Morgan fingerprint density at radius 3 is 2.74 bits per heavy atom. The highest BCUT2D eigenvalue weighted by Crippen LogP contribution is 2.17. The maximum absolute atomic E-state index is 13.7. The number of nitrogens with two attached hydrogens (primary N) is 1. The van der Waals surface area contributed by atoms with Crippen LogP contribution in [0.4, 0.5) is 9.18 Å². The van der Waals surface area contributed by atoms with Crippen LogP contribution in [0.15, 0.2) is 18.2 Å². The molecule has 1 fully saturated rings. The molecule has 0 atom stereocenters. The molecule has 6 heteroatoms. The van der Waals surface area contributed by atoms with E-state index in [1.54, 1.807) is 6.07 Å². The molecule has 0 aliphatic heterocycles. The molecular weight excluding hydrogens is 247 g/mol. The molecule has 2 amide bonds. The lowest BCUT2D eigenvalue weighted by molar-refractivity contribution is 0.228. The molecule has 0 unspecified atom stereocenters. The maximum atomic E-state index is 13.7. The second-order valence-electron chi connectivity index (χ2n) is 4.67. The Kier molecular flexibility index (Phi) is 3.99. The fourth-order valence-corrected chi connectivity index (χ4v) is 1.82. The van der Waals surface area contributed by atoms with Gasteiger partial charge in [0, 0.05) is 23.7 Å². The van der Waals surface area contributed by atoms with Crippen molar-refractivity contribution in [2.75, 3.05) is 0 Å². The summed E-state index contributed by atoms with van der Waals surface area (Å²) in [6.45, 7) is 0.114. The third kappa shape index (κ3) is 3.43. The first kappa shape index (κ1) is 13.3. The van der Waals surface area contributed by atoms with Gasteiger partial charge in [-0.1, -0.05) is 12.1 Å². The van der Waals surface area contributed by atoms with E-state index >= 15 is 0 Å². The molecule has 0 spiro atoms. The lowest BCUT2D eigenvalue weighted by Gasteiger charge is -2.26. The van der Waals surface area contributed by atoms with Crippen molar-refractivity contribution in [3.05, 3.63) is 35.1 Å². The predicted octanol–water partition coefficient (Wildman–Crippen LogP) is 1.46. The first-order chi connectivity index (χ1) is 9.06. The normalized spacial score (nSPS) is 14.6. The fraction of sp³-hybridized carbons (Fsp3) is 0.385. The molecule has 0 heterocycles. The van der Waals surface area contributed by atoms with Crippen LogP contribution in [0.1, 0.15) is 30.4 Å². The highest BCUT2D eigenvalue weighted by Gasteiger charge is 2.19. The minimum Gasteiger partial charge on any atom is -0.384 e. The monoisotopic (exact) mass is 264 g/mol. The number of carbonyl (C=O) groups is 1. The molecule has 1 aromatic rings. The lowest BCUT2D eigenvalue weighted by atomic mass is 9.93. The average molecular weight is 264 g/mol. The number of carbonyl (C=O) groups excluding carboxylic acids is 1. The Morgan fingerprint density at radius 2 is 2.21 bits per heavy atom. The van der Waals surface area contributed by atoms with Crippen LogP contribution in [-0.2, 0) is 6.54 Å². The molecule has 1 aliphatic carbocycles. The number of hydrogen-bond donors (Lipinski definition) is 4. The Balaban J connectivity index is 1.88. The van der Waals surface area contributed by atoms with Crippen LogP contribution in [0.5, 0.6) is 0 Å². The van der Waals surface area contributed by atoms with Crippen LogP contribution in [0.2, 0.25) is 0 Å². The number of urea groups is 1. The highest BCUT2D eigenvalue weighted by molar-refractivity contribution is 5.94. The topological polar surface area (TPSA) is 91.0 Å². The Hall–Kier alpha value is -2.11. The Bertz CT molecular complexity index is 499. The van der Waals surface area contributed by atoms with Crippen LogP contribution in [0, 0.1) is 11.2 Å². The van der Waals surface area contributed by atoms with E-state index in [0.717, 1.165) is 19.3 Å². The van der Waals surface area contributed by atoms with Crippen molar-refractivity contribution in [2.24, 2.45) is 5.73 Å². The van der Waals surface area contributed by atoms with Gasteiger partial charge in [0.05, 0.1) is 0 Å². The summed E-state index contributed by atoms with van der Waals surface area (Å²) in [4.78, 5) is 11.5. The summed E-state index contributed by atoms with van der Waals surface area (Å²) in [5, 5.41) is 12.6. The van der Waals surface area contributed by atoms with Crippen LogP contribution < -0.4 is 16.4 Å². The van der Waals surface area contributed by atoms with E-state index in [0.29, 0.717) is 11.1 Å². The average Bonchev–Trinajstić information content (AvgIpc) is 2.32. The van der Waals surface area contributed by atoms with E-state index in [1.165, 1.54) is 12.1 Å². The Labute approximate surface area is 110 Å². The first-order valence-corrected chi connectivity index (χ1v) is 6.23. The molecule has 0 aromatic heterocycles. The summed E-state index contributed by atoms with van der Waals surface area (Å²) in [5.41, 5.74) is 5.97. The van der Waals surface area contributed by atoms with Gasteiger partial charge in [0.1, 0.15) is 11.7 Å². The van der Waals surface area contributed by atoms with Crippen molar-refractivity contribution in [2.45, 2.75) is 31.8 Å². The smallest absolute Gasteiger partial charge is 0.315 e. The van der Waals surface area contributed by atoms with Gasteiger partial charge < -0.3 is 16.4 Å². The molecule has 1 aromatic carbocycles. The van der Waals surface area contributed by atoms with Gasteiger partial charge in [-0.3, -0.25) is 5.41 Å². The SMILES string of the molecule is N=C(N)c1ccc(CNC(=O)NC2CCC2)c(F)c1. The molecular formula is C13H17FN4O. The summed E-state index contributed by atoms with van der Waals surface area (Å²) in [6.07, 6.45) is 3.16. The molecule has 19 heavy (non-hydrogen) atoms. The van der Waals surface area contributed by atoms with Crippen molar-refractivity contribution in [1.82, 2.24) is 10.6 Å². The third-order valence-electron chi connectivity index (χ3n) is 3.24. The van der Waals surface area contributed by atoms with Gasteiger partial charge in [-0.25, -0.2) is 9.18 Å². The zero-order chi connectivity index (χ0) is 13.8. The zero-order valence-electron chi connectivity index (χ0n) is 10.5. The van der Waals surface area contributed by atoms with Crippen LogP contribution in [0.3, 0.4) is 0 Å². The van der Waals surface area contributed by atoms with Crippen molar-refractivity contribution in [1.29, 1.82) is 5.41 Å². The van der Waals surface area contributed by atoms with E-state index < -0.39 is 5.82 Å². The number of benzene rings is 1. The maximum Gasteiger partial charge on any atom is 0.315 e. The number of halogens is 1. The van der Waals surface area contributed by atoms with Gasteiger partial charge in [0.15, 0.2) is 0 Å². The van der Waals surface area contributed by atoms with Gasteiger partial charge in [0.25, 0.3) is 0 Å². The molecule has 2 rings (SSSR count). The molecule has 0 radical (unpaired) electrons. The van der Waals surface area contributed by atoms with E-state index in [1.807, 2.05) is 0 Å². The van der Waals surface area contributed by atoms with Crippen LogP contribution >= 0.6 is 0 Å². The summed E-state index contributed by atoms with van der Waals surface area (Å²) in [5.74, 6) is -0.655. The zero-order valence-corrected chi connectivity index (χ0v) is 10.5. The van der Waals surface area contributed by atoms with Crippen LogP contribution in [-0.4, -0.2) is 17.9 Å². The second kappa shape index (κ2) is 5.69. The van der Waals surface area contributed by atoms with E-state index in [4.69, 9.17) is 11.1 Å². The number of amides is 2. The summed E-state index contributed by atoms with van der Waals surface area (Å²) in [6, 6.07) is 4.26. The predicted molar refractivity (Wildman–Crippen MR) is 70.4 cm³/mol. The Morgan fingerprint density at radius 1 is 1.47 bits per heavy atom. The van der Waals surface area contributed by atoms with Gasteiger partial charge in [0.2, 0.25) is 0 Å². The van der Waals surface area contributed by atoms with Gasteiger partial charge in [-0.15, -0.1) is 0 Å². The standard InChI is InChI=1S/C13H17FN4O/c14-11-6-8(12(15)16)4-5-9(11)7-17-13(19)18-10-2-1-3-10/h4-6,10H,1-3,7H2,(H3,15,16)(H2,17,18,19). The lowest BCUT2D eigenvalue weighted by Crippen LogP contribution is -2.44. The number of hydrogen-bond acceptors (Lipinski definition) is 2. The third-order valence-corrected chi connectivity index (χ3v) is 3.24. The fourth-order valence-electron chi connectivity index (χ4n) is 1.82. The van der Waals surface area contributed by atoms with Gasteiger partial charge >= 0.3 is 6.03 Å². The van der Waals surface area contributed by atoms with E-state index in [-0.39, 0.29) is 24.5 Å². The molecule has 5 N–H and O–H groups in total. The number of nitrogens with one attached hydrogen (secondary N) is 3. The van der Waals surface area contributed by atoms with Crippen molar-refractivity contribution < 1.29 is 9.18 Å². The molecule has 0 saturated heterocycles. The molecule has 1 saturated carbocycles. The summed E-state index contributed by atoms with van der Waals surface area (Å²) < 4.78 is 13.7. The molecule has 0 bridgehead atoms. The van der Waals surface area contributed by atoms with E-state index in [2.05, 4.69) is 10.6 Å². The quantitative estimate of drug-likeness (QED) is 0.490. The minimum atomic E-state index is -0.475. The van der Waals surface area contributed by atoms with Crippen molar-refractivity contribution in [3.63, 3.8) is 0 Å². The largest absolute Gasteiger partial charge is 0.384 e.